The lowest BCUT2D eigenvalue weighted by Crippen LogP contribution is -2.31. The lowest BCUT2D eigenvalue weighted by molar-refractivity contribution is 0.244. The highest BCUT2D eigenvalue weighted by molar-refractivity contribution is 5.49. The molecular weight excluding hydrogens is 464 g/mol. The van der Waals surface area contributed by atoms with Crippen LogP contribution in [0, 0.1) is 6.92 Å². The number of phenolic OH excluding ortho intramolecular Hbond substituents is 1. The maximum Gasteiger partial charge on any atom is 0.123 e. The van der Waals surface area contributed by atoms with E-state index in [1.807, 2.05) is 0 Å². The third kappa shape index (κ3) is 8.33. The number of benzene rings is 2. The van der Waals surface area contributed by atoms with Crippen molar-refractivity contribution in [3.63, 3.8) is 0 Å². The van der Waals surface area contributed by atoms with E-state index in [4.69, 9.17) is 0 Å². The molecule has 3 heteroatoms. The topological polar surface area (TPSA) is 26.7 Å². The van der Waals surface area contributed by atoms with Gasteiger partial charge in [0.05, 0.1) is 0 Å². The number of aromatic hydroxyl groups is 1. The number of nitrogens with zero attached hydrogens (tertiary/aromatic N) is 2. The smallest absolute Gasteiger partial charge is 0.123 e. The largest absolute Gasteiger partial charge is 0.507 e. The van der Waals surface area contributed by atoms with Crippen LogP contribution in [0.4, 0.5) is 0 Å². The summed E-state index contributed by atoms with van der Waals surface area (Å²) in [5.41, 5.74) is 9.23. The third-order valence-corrected chi connectivity index (χ3v) is 7.80. The predicted octanol–water partition coefficient (Wildman–Crippen LogP) is 8.45. The average molecular weight is 523 g/mol. The maximum atomic E-state index is 11.2. The van der Waals surface area contributed by atoms with Crippen molar-refractivity contribution in [3.8, 4) is 5.75 Å². The van der Waals surface area contributed by atoms with Gasteiger partial charge in [0.25, 0.3) is 0 Å². The van der Waals surface area contributed by atoms with E-state index in [2.05, 4.69) is 138 Å². The van der Waals surface area contributed by atoms with Crippen LogP contribution in [0.15, 0.2) is 24.3 Å². The Morgan fingerprint density at radius 2 is 0.921 bits per heavy atom. The molecule has 0 amide bonds. The molecule has 2 rings (SSSR count). The Kier molecular flexibility index (Phi) is 9.66. The molecule has 0 aliphatic carbocycles. The van der Waals surface area contributed by atoms with Gasteiger partial charge in [0.1, 0.15) is 5.75 Å². The van der Waals surface area contributed by atoms with E-state index in [0.29, 0.717) is 5.75 Å². The van der Waals surface area contributed by atoms with E-state index in [0.717, 1.165) is 37.3 Å². The molecule has 3 nitrogen and oxygen atoms in total. The highest BCUT2D eigenvalue weighted by Crippen LogP contribution is 2.38. The molecule has 0 aliphatic heterocycles. The van der Waals surface area contributed by atoms with Gasteiger partial charge in [-0.05, 0) is 76.1 Å². The molecule has 38 heavy (non-hydrogen) atoms. The van der Waals surface area contributed by atoms with Crippen LogP contribution in [-0.4, -0.2) is 42.1 Å². The maximum absolute atomic E-state index is 11.2. The zero-order valence-corrected chi connectivity index (χ0v) is 27.5. The van der Waals surface area contributed by atoms with Crippen molar-refractivity contribution in [1.29, 1.82) is 0 Å². The zero-order chi connectivity index (χ0) is 29.4. The number of likely N-dealkylation sites (N-methyl/N-ethyl adjacent to an activating group) is 2. The first-order chi connectivity index (χ1) is 17.0. The molecule has 0 saturated carbocycles. The van der Waals surface area contributed by atoms with Crippen LogP contribution in [-0.2, 0) is 34.7 Å². The highest BCUT2D eigenvalue weighted by atomic mass is 16.3. The van der Waals surface area contributed by atoms with E-state index in [-0.39, 0.29) is 21.7 Å². The van der Waals surface area contributed by atoms with Crippen molar-refractivity contribution in [2.45, 2.75) is 125 Å². The first-order valence-corrected chi connectivity index (χ1v) is 14.4. The van der Waals surface area contributed by atoms with E-state index >= 15 is 0 Å². The van der Waals surface area contributed by atoms with Crippen LogP contribution in [0.25, 0.3) is 0 Å². The fourth-order valence-electron chi connectivity index (χ4n) is 5.05. The van der Waals surface area contributed by atoms with Gasteiger partial charge in [-0.15, -0.1) is 0 Å². The molecule has 214 valence electrons. The standard InChI is InChI=1S/C35H58N2O/c1-24-25(18-27(32(2,3)4)20-29(24)34(8,9)10)22-36(14)16-17-37(15)23-26-19-28(33(5,6)7)21-30(31(26)38)35(11,12)13/h18-21,38H,16-17,22-23H2,1-15H3. The quantitative estimate of drug-likeness (QED) is 0.395. The summed E-state index contributed by atoms with van der Waals surface area (Å²) in [6.45, 7) is 33.0. The molecule has 0 aliphatic rings. The van der Waals surface area contributed by atoms with Crippen LogP contribution in [0.5, 0.6) is 5.75 Å². The second-order valence-corrected chi connectivity index (χ2v) is 15.8. The summed E-state index contributed by atoms with van der Waals surface area (Å²) >= 11 is 0. The normalized spacial score (nSPS) is 13.6. The SMILES string of the molecule is Cc1c(CN(C)CCN(C)Cc2cc(C(C)(C)C)cc(C(C)(C)C)c2O)cc(C(C)(C)C)cc1C(C)(C)C. The minimum Gasteiger partial charge on any atom is -0.507 e. The molecule has 0 bridgehead atoms. The second kappa shape index (κ2) is 11.3. The summed E-state index contributed by atoms with van der Waals surface area (Å²) in [5, 5.41) is 11.2. The molecule has 0 spiro atoms. The van der Waals surface area contributed by atoms with Gasteiger partial charge in [-0.3, -0.25) is 0 Å². The van der Waals surface area contributed by atoms with Crippen molar-refractivity contribution in [3.05, 3.63) is 63.2 Å². The van der Waals surface area contributed by atoms with Crippen molar-refractivity contribution in [1.82, 2.24) is 9.80 Å². The summed E-state index contributed by atoms with van der Waals surface area (Å²) in [7, 11) is 4.39. The number of hydrogen-bond acceptors (Lipinski definition) is 3. The highest BCUT2D eigenvalue weighted by Gasteiger charge is 2.26. The van der Waals surface area contributed by atoms with Crippen LogP contribution in [0.2, 0.25) is 0 Å². The van der Waals surface area contributed by atoms with Crippen molar-refractivity contribution in [2.24, 2.45) is 0 Å². The molecule has 0 aromatic heterocycles. The molecule has 0 atom stereocenters. The molecule has 0 unspecified atom stereocenters. The van der Waals surface area contributed by atoms with Gasteiger partial charge in [-0.1, -0.05) is 107 Å². The summed E-state index contributed by atoms with van der Waals surface area (Å²) in [5.74, 6) is 0.454. The molecule has 0 saturated heterocycles. The van der Waals surface area contributed by atoms with E-state index in [9.17, 15) is 5.11 Å². The van der Waals surface area contributed by atoms with Crippen LogP contribution in [0.1, 0.15) is 122 Å². The minimum absolute atomic E-state index is 0.0343. The Balaban J connectivity index is 2.22. The fraction of sp³-hybridized carbons (Fsp3) is 0.657. The van der Waals surface area contributed by atoms with Gasteiger partial charge < -0.3 is 14.9 Å². The Labute approximate surface area is 235 Å². The Hall–Kier alpha value is -1.84. The first-order valence-electron chi connectivity index (χ1n) is 14.4. The van der Waals surface area contributed by atoms with E-state index in [1.54, 1.807) is 0 Å². The molecule has 0 fully saturated rings. The van der Waals surface area contributed by atoms with Gasteiger partial charge in [0, 0.05) is 31.7 Å². The van der Waals surface area contributed by atoms with Gasteiger partial charge in [0.15, 0.2) is 0 Å². The zero-order valence-electron chi connectivity index (χ0n) is 27.5. The third-order valence-electron chi connectivity index (χ3n) is 7.80. The lowest BCUT2D eigenvalue weighted by atomic mass is 9.77. The van der Waals surface area contributed by atoms with Crippen LogP contribution >= 0.6 is 0 Å². The molecule has 1 N–H and O–H groups in total. The molecule has 0 radical (unpaired) electrons. The number of rotatable bonds is 7. The molecule has 2 aromatic rings. The monoisotopic (exact) mass is 522 g/mol. The van der Waals surface area contributed by atoms with E-state index in [1.165, 1.54) is 27.8 Å². The Morgan fingerprint density at radius 3 is 1.32 bits per heavy atom. The average Bonchev–Trinajstić information content (AvgIpc) is 2.71. The summed E-state index contributed by atoms with van der Waals surface area (Å²) in [6.07, 6.45) is 0. The molecule has 0 heterocycles. The Morgan fingerprint density at radius 1 is 0.553 bits per heavy atom. The predicted molar refractivity (Wildman–Crippen MR) is 167 cm³/mol. The van der Waals surface area contributed by atoms with Gasteiger partial charge in [0.2, 0.25) is 0 Å². The fourth-order valence-corrected chi connectivity index (χ4v) is 5.05. The van der Waals surface area contributed by atoms with Crippen LogP contribution in [0.3, 0.4) is 0 Å². The summed E-state index contributed by atoms with van der Waals surface area (Å²) < 4.78 is 0. The van der Waals surface area contributed by atoms with Crippen molar-refractivity contribution in [2.75, 3.05) is 27.2 Å². The van der Waals surface area contributed by atoms with Crippen LogP contribution < -0.4 is 0 Å². The Bertz CT molecular complexity index is 1010. The summed E-state index contributed by atoms with van der Waals surface area (Å²) in [6, 6.07) is 9.26. The second-order valence-electron chi connectivity index (χ2n) is 15.8. The molecule has 2 aromatic carbocycles. The number of phenols is 1. The van der Waals surface area contributed by atoms with Gasteiger partial charge in [-0.2, -0.15) is 0 Å². The lowest BCUT2D eigenvalue weighted by Gasteiger charge is -2.30. The van der Waals surface area contributed by atoms with Crippen molar-refractivity contribution >= 4 is 0 Å². The van der Waals surface area contributed by atoms with E-state index < -0.39 is 0 Å². The van der Waals surface area contributed by atoms with Crippen molar-refractivity contribution < 1.29 is 5.11 Å². The number of hydrogen-bond donors (Lipinski definition) is 1. The summed E-state index contributed by atoms with van der Waals surface area (Å²) in [4.78, 5) is 4.77. The minimum atomic E-state index is -0.107. The first kappa shape index (κ1) is 32.4. The van der Waals surface area contributed by atoms with Gasteiger partial charge in [-0.25, -0.2) is 0 Å². The van der Waals surface area contributed by atoms with Gasteiger partial charge >= 0.3 is 0 Å². The molecular formula is C35H58N2O.